The van der Waals surface area contributed by atoms with Gasteiger partial charge in [0.1, 0.15) is 0 Å². The van der Waals surface area contributed by atoms with Crippen molar-refractivity contribution in [1.82, 2.24) is 0 Å². The predicted octanol–water partition coefficient (Wildman–Crippen LogP) is 7.69. The quantitative estimate of drug-likeness (QED) is 0.186. The van der Waals surface area contributed by atoms with Gasteiger partial charge in [0.2, 0.25) is 0 Å². The molecule has 0 amide bonds. The number of esters is 1. The molecule has 0 N–H and O–H groups in total. The molecule has 2 nitrogen and oxygen atoms in total. The molecule has 0 bridgehead atoms. The average Bonchev–Trinajstić information content (AvgIpc) is 2.55. The molecule has 2 heteroatoms. The van der Waals surface area contributed by atoms with E-state index in [-0.39, 0.29) is 5.97 Å². The van der Waals surface area contributed by atoms with Crippen molar-refractivity contribution in [2.75, 3.05) is 6.61 Å². The van der Waals surface area contributed by atoms with Crippen LogP contribution >= 0.6 is 0 Å². The van der Waals surface area contributed by atoms with Crippen molar-refractivity contribution in [3.05, 3.63) is 0 Å². The van der Waals surface area contributed by atoms with Gasteiger partial charge in [-0.25, -0.2) is 0 Å². The van der Waals surface area contributed by atoms with Crippen molar-refractivity contribution in [2.24, 2.45) is 11.8 Å². The molecule has 150 valence electrons. The zero-order valence-electron chi connectivity index (χ0n) is 17.8. The van der Waals surface area contributed by atoms with Crippen LogP contribution in [0.25, 0.3) is 0 Å². The van der Waals surface area contributed by atoms with E-state index in [1.165, 1.54) is 70.6 Å². The highest BCUT2D eigenvalue weighted by Gasteiger charge is 2.03. The number of carbonyl (C=O) groups is 1. The Bertz CT molecular complexity index is 284. The minimum atomic E-state index is 0.00113. The molecule has 0 radical (unpaired) electrons. The molecule has 0 fully saturated rings. The topological polar surface area (TPSA) is 26.3 Å². The van der Waals surface area contributed by atoms with Crippen molar-refractivity contribution in [3.63, 3.8) is 0 Å². The van der Waals surface area contributed by atoms with Crippen LogP contribution in [0, 0.1) is 11.8 Å². The molecule has 0 aromatic rings. The molecule has 0 aromatic carbocycles. The Morgan fingerprint density at radius 1 is 0.600 bits per heavy atom. The van der Waals surface area contributed by atoms with Gasteiger partial charge in [-0.15, -0.1) is 0 Å². The second-order valence-electron chi connectivity index (χ2n) is 8.58. The van der Waals surface area contributed by atoms with E-state index >= 15 is 0 Å². The van der Waals surface area contributed by atoms with Gasteiger partial charge in [-0.05, 0) is 24.7 Å². The van der Waals surface area contributed by atoms with Gasteiger partial charge in [-0.1, -0.05) is 105 Å². The third-order valence-electron chi connectivity index (χ3n) is 4.85. The summed E-state index contributed by atoms with van der Waals surface area (Å²) >= 11 is 0. The van der Waals surface area contributed by atoms with Gasteiger partial charge in [-0.3, -0.25) is 4.79 Å². The summed E-state index contributed by atoms with van der Waals surface area (Å²) < 4.78 is 5.31. The summed E-state index contributed by atoms with van der Waals surface area (Å²) in [6.45, 7) is 9.71. The highest BCUT2D eigenvalue weighted by atomic mass is 16.5. The number of hydrogen-bond donors (Lipinski definition) is 0. The first-order chi connectivity index (χ1) is 12.0. The van der Waals surface area contributed by atoms with Gasteiger partial charge < -0.3 is 4.74 Å². The van der Waals surface area contributed by atoms with Crippen LogP contribution in [-0.2, 0) is 9.53 Å². The maximum Gasteiger partial charge on any atom is 0.305 e. The normalized spacial score (nSPS) is 11.4. The second-order valence-corrected chi connectivity index (χ2v) is 8.58. The summed E-state index contributed by atoms with van der Waals surface area (Å²) in [5, 5.41) is 0. The average molecular weight is 355 g/mol. The van der Waals surface area contributed by atoms with Crippen LogP contribution in [0.4, 0.5) is 0 Å². The second kappa shape index (κ2) is 18.3. The van der Waals surface area contributed by atoms with E-state index in [9.17, 15) is 4.79 Å². The van der Waals surface area contributed by atoms with Crippen LogP contribution in [0.3, 0.4) is 0 Å². The third-order valence-corrected chi connectivity index (χ3v) is 4.85. The Hall–Kier alpha value is -0.530. The van der Waals surface area contributed by atoms with Crippen molar-refractivity contribution < 1.29 is 9.53 Å². The Morgan fingerprint density at radius 2 is 1.00 bits per heavy atom. The van der Waals surface area contributed by atoms with Crippen molar-refractivity contribution in [1.29, 1.82) is 0 Å². The number of carbonyl (C=O) groups excluding carboxylic acids is 1. The lowest BCUT2D eigenvalue weighted by molar-refractivity contribution is -0.143. The van der Waals surface area contributed by atoms with Gasteiger partial charge in [0.05, 0.1) is 6.61 Å². The SMILES string of the molecule is CC(C)CCCCCCCCCCCCOC(=O)CCCCC(C)C. The van der Waals surface area contributed by atoms with Crippen LogP contribution in [0.15, 0.2) is 0 Å². The lowest BCUT2D eigenvalue weighted by Gasteiger charge is -2.06. The van der Waals surface area contributed by atoms with E-state index < -0.39 is 0 Å². The largest absolute Gasteiger partial charge is 0.466 e. The molecule has 25 heavy (non-hydrogen) atoms. The van der Waals surface area contributed by atoms with Crippen LogP contribution in [-0.4, -0.2) is 12.6 Å². The maximum absolute atomic E-state index is 11.6. The van der Waals surface area contributed by atoms with Gasteiger partial charge in [0.25, 0.3) is 0 Å². The Kier molecular flexibility index (Phi) is 17.9. The Balaban J connectivity index is 3.14. The summed E-state index contributed by atoms with van der Waals surface area (Å²) in [7, 11) is 0. The highest BCUT2D eigenvalue weighted by molar-refractivity contribution is 5.69. The number of unbranched alkanes of at least 4 members (excludes halogenated alkanes) is 10. The molecule has 0 unspecified atom stereocenters. The molecule has 0 aliphatic carbocycles. The fourth-order valence-electron chi connectivity index (χ4n) is 3.15. The molecule has 0 saturated heterocycles. The number of hydrogen-bond acceptors (Lipinski definition) is 2. The molecular weight excluding hydrogens is 308 g/mol. The Labute approximate surface area is 158 Å². The van der Waals surface area contributed by atoms with Gasteiger partial charge in [0, 0.05) is 6.42 Å². The fourth-order valence-corrected chi connectivity index (χ4v) is 3.15. The first-order valence-corrected chi connectivity index (χ1v) is 11.2. The van der Waals surface area contributed by atoms with Crippen LogP contribution in [0.5, 0.6) is 0 Å². The van der Waals surface area contributed by atoms with Crippen molar-refractivity contribution in [2.45, 2.75) is 124 Å². The van der Waals surface area contributed by atoms with E-state index in [0.29, 0.717) is 13.0 Å². The van der Waals surface area contributed by atoms with Gasteiger partial charge in [0.15, 0.2) is 0 Å². The summed E-state index contributed by atoms with van der Waals surface area (Å²) in [6, 6.07) is 0. The standard InChI is InChI=1S/C23H46O2/c1-21(2)17-13-11-9-7-5-6-8-10-12-16-20-25-23(24)19-15-14-18-22(3)4/h21-22H,5-20H2,1-4H3. The minimum absolute atomic E-state index is 0.00113. The molecule has 0 aliphatic heterocycles. The van der Waals surface area contributed by atoms with E-state index in [1.54, 1.807) is 0 Å². The van der Waals surface area contributed by atoms with Gasteiger partial charge in [-0.2, -0.15) is 0 Å². The predicted molar refractivity (Wildman–Crippen MR) is 110 cm³/mol. The molecule has 0 saturated carbocycles. The van der Waals surface area contributed by atoms with Crippen LogP contribution < -0.4 is 0 Å². The minimum Gasteiger partial charge on any atom is -0.466 e. The van der Waals surface area contributed by atoms with Crippen LogP contribution in [0.1, 0.15) is 124 Å². The molecule has 0 rings (SSSR count). The molecule has 0 spiro atoms. The first kappa shape index (κ1) is 24.5. The molecule has 0 heterocycles. The lowest BCUT2D eigenvalue weighted by atomic mass is 10.0. The zero-order valence-corrected chi connectivity index (χ0v) is 17.8. The first-order valence-electron chi connectivity index (χ1n) is 11.2. The molecule has 0 aromatic heterocycles. The smallest absolute Gasteiger partial charge is 0.305 e. The van der Waals surface area contributed by atoms with E-state index in [2.05, 4.69) is 27.7 Å². The molecule has 0 atom stereocenters. The fraction of sp³-hybridized carbons (Fsp3) is 0.957. The van der Waals surface area contributed by atoms with E-state index in [0.717, 1.165) is 31.1 Å². The summed E-state index contributed by atoms with van der Waals surface area (Å²) in [6.07, 6.45) is 18.6. The maximum atomic E-state index is 11.6. The Morgan fingerprint density at radius 3 is 1.48 bits per heavy atom. The zero-order chi connectivity index (χ0) is 18.8. The highest BCUT2D eigenvalue weighted by Crippen LogP contribution is 2.13. The van der Waals surface area contributed by atoms with Crippen molar-refractivity contribution >= 4 is 5.97 Å². The lowest BCUT2D eigenvalue weighted by Crippen LogP contribution is -2.05. The summed E-state index contributed by atoms with van der Waals surface area (Å²) in [4.78, 5) is 11.6. The number of rotatable bonds is 18. The van der Waals surface area contributed by atoms with Crippen LogP contribution in [0.2, 0.25) is 0 Å². The van der Waals surface area contributed by atoms with E-state index in [1.807, 2.05) is 0 Å². The van der Waals surface area contributed by atoms with Crippen molar-refractivity contribution in [3.8, 4) is 0 Å². The third kappa shape index (κ3) is 21.4. The summed E-state index contributed by atoms with van der Waals surface area (Å²) in [5.74, 6) is 1.60. The van der Waals surface area contributed by atoms with Gasteiger partial charge >= 0.3 is 5.97 Å². The monoisotopic (exact) mass is 354 g/mol. The number of ether oxygens (including phenoxy) is 1. The van der Waals surface area contributed by atoms with E-state index in [4.69, 9.17) is 4.74 Å². The molecule has 0 aliphatic rings. The molecular formula is C23H46O2. The summed E-state index contributed by atoms with van der Waals surface area (Å²) in [5.41, 5.74) is 0.